The van der Waals surface area contributed by atoms with Gasteiger partial charge >= 0.3 is 0 Å². The van der Waals surface area contributed by atoms with Gasteiger partial charge in [-0.25, -0.2) is 4.39 Å². The molecule has 0 fully saturated rings. The largest absolute Gasteiger partial charge is 0.278 e. The van der Waals surface area contributed by atoms with Crippen molar-refractivity contribution in [2.24, 2.45) is 0 Å². The van der Waals surface area contributed by atoms with E-state index in [1.54, 1.807) is 10.6 Å². The zero-order valence-electron chi connectivity index (χ0n) is 11.6. The van der Waals surface area contributed by atoms with Crippen LogP contribution < -0.4 is 0 Å². The molecule has 6 heteroatoms. The number of nitrogens with zero attached hydrogens (tertiary/aromatic N) is 4. The minimum atomic E-state index is -0.502. The highest BCUT2D eigenvalue weighted by Crippen LogP contribution is 2.27. The summed E-state index contributed by atoms with van der Waals surface area (Å²) >= 11 is 5.94. The molecule has 0 amide bonds. The van der Waals surface area contributed by atoms with Gasteiger partial charge in [-0.2, -0.15) is 0 Å². The number of para-hydroxylation sites is 1. The quantitative estimate of drug-likeness (QED) is 0.532. The second-order valence-corrected chi connectivity index (χ2v) is 5.47. The number of aryl methyl sites for hydroxylation is 1. The summed E-state index contributed by atoms with van der Waals surface area (Å²) < 4.78 is 15.5. The number of hydrogen-bond donors (Lipinski definition) is 0. The molecule has 0 saturated carbocycles. The summed E-state index contributed by atoms with van der Waals surface area (Å²) in [5, 5.41) is 9.30. The van der Waals surface area contributed by atoms with Gasteiger partial charge in [-0.1, -0.05) is 29.8 Å². The summed E-state index contributed by atoms with van der Waals surface area (Å²) in [4.78, 5) is 4.58. The number of rotatable bonds is 1. The molecule has 0 aliphatic rings. The van der Waals surface area contributed by atoms with Gasteiger partial charge in [0.1, 0.15) is 0 Å². The third kappa shape index (κ3) is 1.94. The minimum Gasteiger partial charge on any atom is -0.278 e. The lowest BCUT2D eigenvalue weighted by Crippen LogP contribution is -1.96. The van der Waals surface area contributed by atoms with Gasteiger partial charge < -0.3 is 0 Å². The van der Waals surface area contributed by atoms with Crippen LogP contribution in [0.3, 0.4) is 0 Å². The summed E-state index contributed by atoms with van der Waals surface area (Å²) in [6.45, 7) is 1.89. The zero-order chi connectivity index (χ0) is 15.3. The van der Waals surface area contributed by atoms with Gasteiger partial charge in [0.05, 0.1) is 10.5 Å². The minimum absolute atomic E-state index is 0.145. The highest BCUT2D eigenvalue weighted by molar-refractivity contribution is 6.30. The average Bonchev–Trinajstić information content (AvgIpc) is 2.90. The second-order valence-electron chi connectivity index (χ2n) is 5.04. The van der Waals surface area contributed by atoms with Crippen molar-refractivity contribution in [2.75, 3.05) is 0 Å². The van der Waals surface area contributed by atoms with Crippen molar-refractivity contribution in [2.45, 2.75) is 6.92 Å². The topological polar surface area (TPSA) is 43.1 Å². The number of aromatic nitrogens is 4. The molecule has 4 nitrogen and oxygen atoms in total. The zero-order valence-corrected chi connectivity index (χ0v) is 12.3. The van der Waals surface area contributed by atoms with Crippen molar-refractivity contribution in [1.29, 1.82) is 0 Å². The molecule has 0 spiro atoms. The highest BCUT2D eigenvalue weighted by Gasteiger charge is 2.15. The van der Waals surface area contributed by atoms with Crippen molar-refractivity contribution in [3.63, 3.8) is 0 Å². The molecule has 0 aliphatic carbocycles. The van der Waals surface area contributed by atoms with Crippen LogP contribution in [0.5, 0.6) is 0 Å². The maximum Gasteiger partial charge on any atom is 0.197 e. The van der Waals surface area contributed by atoms with Crippen LogP contribution in [0.1, 0.15) is 5.69 Å². The van der Waals surface area contributed by atoms with Gasteiger partial charge in [0.15, 0.2) is 17.3 Å². The molecule has 4 aromatic rings. The first kappa shape index (κ1) is 13.2. The second kappa shape index (κ2) is 4.74. The standard InChI is InChI=1S/C16H10ClFN4/c1-9-12(6-10-4-2-3-5-14(10)19-9)15-20-21-16-13(18)7-11(17)8-22(15)16/h2-8H,1H3. The lowest BCUT2D eigenvalue weighted by molar-refractivity contribution is 0.629. The van der Waals surface area contributed by atoms with E-state index in [0.29, 0.717) is 5.82 Å². The Bertz CT molecular complexity index is 1030. The van der Waals surface area contributed by atoms with Crippen LogP contribution in [0.2, 0.25) is 5.02 Å². The summed E-state index contributed by atoms with van der Waals surface area (Å²) in [5.74, 6) is 0.0183. The Morgan fingerprint density at radius 3 is 2.82 bits per heavy atom. The van der Waals surface area contributed by atoms with E-state index >= 15 is 0 Å². The Labute approximate surface area is 130 Å². The molecule has 0 saturated heterocycles. The first-order valence-electron chi connectivity index (χ1n) is 6.70. The van der Waals surface area contributed by atoms with Crippen LogP contribution >= 0.6 is 11.6 Å². The molecule has 0 aliphatic heterocycles. The fourth-order valence-corrected chi connectivity index (χ4v) is 2.74. The van der Waals surface area contributed by atoms with Crippen LogP contribution in [0.4, 0.5) is 4.39 Å². The number of pyridine rings is 2. The van der Waals surface area contributed by atoms with E-state index in [9.17, 15) is 4.39 Å². The van der Waals surface area contributed by atoms with E-state index in [-0.39, 0.29) is 10.7 Å². The summed E-state index contributed by atoms with van der Waals surface area (Å²) in [5.41, 5.74) is 2.65. The molecule has 108 valence electrons. The lowest BCUT2D eigenvalue weighted by atomic mass is 10.1. The first-order chi connectivity index (χ1) is 10.6. The smallest absolute Gasteiger partial charge is 0.197 e. The Hall–Kier alpha value is -2.53. The van der Waals surface area contributed by atoms with Gasteiger partial charge in [-0.05, 0) is 25.1 Å². The molecule has 0 bridgehead atoms. The van der Waals surface area contributed by atoms with Crippen molar-refractivity contribution < 1.29 is 4.39 Å². The van der Waals surface area contributed by atoms with E-state index in [1.807, 2.05) is 37.3 Å². The van der Waals surface area contributed by atoms with E-state index in [4.69, 9.17) is 11.6 Å². The molecule has 0 atom stereocenters. The van der Waals surface area contributed by atoms with E-state index in [0.717, 1.165) is 22.2 Å². The predicted octanol–water partition coefficient (Wildman–Crippen LogP) is 4.05. The summed E-state index contributed by atoms with van der Waals surface area (Å²) in [7, 11) is 0. The summed E-state index contributed by atoms with van der Waals surface area (Å²) in [6, 6.07) is 11.0. The van der Waals surface area contributed by atoms with Crippen molar-refractivity contribution in [3.05, 3.63) is 59.1 Å². The van der Waals surface area contributed by atoms with Gasteiger partial charge in [0, 0.05) is 22.8 Å². The predicted molar refractivity (Wildman–Crippen MR) is 83.4 cm³/mol. The summed E-state index contributed by atoms with van der Waals surface area (Å²) in [6.07, 6.45) is 1.60. The van der Waals surface area contributed by atoms with Crippen molar-refractivity contribution >= 4 is 28.2 Å². The molecule has 0 unspecified atom stereocenters. The Morgan fingerprint density at radius 2 is 1.95 bits per heavy atom. The molecule has 4 rings (SSSR count). The monoisotopic (exact) mass is 312 g/mol. The highest BCUT2D eigenvalue weighted by atomic mass is 35.5. The molecule has 3 aromatic heterocycles. The van der Waals surface area contributed by atoms with Crippen molar-refractivity contribution in [1.82, 2.24) is 19.6 Å². The van der Waals surface area contributed by atoms with Crippen LogP contribution in [-0.4, -0.2) is 19.6 Å². The number of fused-ring (bicyclic) bond motifs is 2. The fourth-order valence-electron chi connectivity index (χ4n) is 2.54. The molecule has 3 heterocycles. The van der Waals surface area contributed by atoms with Crippen LogP contribution in [-0.2, 0) is 0 Å². The maximum atomic E-state index is 13.9. The number of halogens is 2. The van der Waals surface area contributed by atoms with Crippen molar-refractivity contribution in [3.8, 4) is 11.4 Å². The molecule has 0 N–H and O–H groups in total. The van der Waals surface area contributed by atoms with Crippen LogP contribution in [0, 0.1) is 12.7 Å². The lowest BCUT2D eigenvalue weighted by Gasteiger charge is -2.06. The van der Waals surface area contributed by atoms with Gasteiger partial charge in [-0.15, -0.1) is 10.2 Å². The third-order valence-corrected chi connectivity index (χ3v) is 3.79. The van der Waals surface area contributed by atoms with E-state index in [2.05, 4.69) is 15.2 Å². The number of benzene rings is 1. The van der Waals surface area contributed by atoms with Crippen LogP contribution in [0.25, 0.3) is 27.9 Å². The van der Waals surface area contributed by atoms with Crippen LogP contribution in [0.15, 0.2) is 42.6 Å². The van der Waals surface area contributed by atoms with Gasteiger partial charge in [0.25, 0.3) is 0 Å². The molecule has 0 radical (unpaired) electrons. The SMILES string of the molecule is Cc1nc2ccccc2cc1-c1nnc2c(F)cc(Cl)cn12. The Balaban J connectivity index is 2.05. The van der Waals surface area contributed by atoms with Gasteiger partial charge in [0.2, 0.25) is 0 Å². The van der Waals surface area contributed by atoms with E-state index in [1.165, 1.54) is 6.07 Å². The molecule has 1 aromatic carbocycles. The Morgan fingerprint density at radius 1 is 1.14 bits per heavy atom. The Kier molecular flexibility index (Phi) is 2.84. The third-order valence-electron chi connectivity index (χ3n) is 3.58. The maximum absolute atomic E-state index is 13.9. The average molecular weight is 313 g/mol. The molecular formula is C16H10ClFN4. The fraction of sp³-hybridized carbons (Fsp3) is 0.0625. The normalized spacial score (nSPS) is 11.4. The van der Waals surface area contributed by atoms with E-state index < -0.39 is 5.82 Å². The number of hydrogen-bond acceptors (Lipinski definition) is 3. The molecule has 22 heavy (non-hydrogen) atoms. The molecular weight excluding hydrogens is 303 g/mol. The van der Waals surface area contributed by atoms with Gasteiger partial charge in [-0.3, -0.25) is 9.38 Å². The first-order valence-corrected chi connectivity index (χ1v) is 7.08.